The lowest BCUT2D eigenvalue weighted by atomic mass is 10.1. The van der Waals surface area contributed by atoms with Crippen molar-refractivity contribution >= 4 is 16.8 Å². The van der Waals surface area contributed by atoms with E-state index in [0.29, 0.717) is 18.7 Å². The average Bonchev–Trinajstić information content (AvgIpc) is 2.28. The minimum Gasteiger partial charge on any atom is -0.478 e. The van der Waals surface area contributed by atoms with E-state index in [4.69, 9.17) is 5.11 Å². The van der Waals surface area contributed by atoms with Crippen LogP contribution in [0.1, 0.15) is 22.8 Å². The molecular weight excluding hydrogens is 257 g/mol. The molecule has 18 heavy (non-hydrogen) atoms. The lowest BCUT2D eigenvalue weighted by Gasteiger charge is -2.10. The monoisotopic (exact) mass is 273 g/mol. The van der Waals surface area contributed by atoms with Gasteiger partial charge in [0.25, 0.3) is 0 Å². The zero-order valence-electron chi connectivity index (χ0n) is 10.3. The van der Waals surface area contributed by atoms with Crippen LogP contribution in [0.15, 0.2) is 18.2 Å². The standard InChI is InChI=1S/C12H16FNO3S/c1-8(18(2)17)6-14-7-9-3-4-10(12(15)16)11(13)5-9/h3-5,8,14H,6-7H2,1-2H3,(H,15,16). The predicted molar refractivity (Wildman–Crippen MR) is 68.6 cm³/mol. The number of carboxylic acids is 1. The number of hydrogen-bond donors (Lipinski definition) is 2. The highest BCUT2D eigenvalue weighted by molar-refractivity contribution is 7.84. The van der Waals surface area contributed by atoms with E-state index in [1.165, 1.54) is 12.1 Å². The van der Waals surface area contributed by atoms with E-state index < -0.39 is 22.6 Å². The number of carboxylic acid groups (broad SMARTS) is 1. The van der Waals surface area contributed by atoms with Crippen LogP contribution in [0.2, 0.25) is 0 Å². The van der Waals surface area contributed by atoms with Gasteiger partial charge in [-0.25, -0.2) is 9.18 Å². The predicted octanol–water partition coefficient (Wildman–Crippen LogP) is 1.38. The van der Waals surface area contributed by atoms with Gasteiger partial charge in [-0.05, 0) is 24.6 Å². The lowest BCUT2D eigenvalue weighted by Crippen LogP contribution is -2.27. The number of carbonyl (C=O) groups is 1. The molecule has 1 aromatic carbocycles. The van der Waals surface area contributed by atoms with Crippen molar-refractivity contribution in [2.45, 2.75) is 18.7 Å². The van der Waals surface area contributed by atoms with Gasteiger partial charge in [0.1, 0.15) is 5.82 Å². The van der Waals surface area contributed by atoms with Gasteiger partial charge in [0.15, 0.2) is 0 Å². The molecule has 4 nitrogen and oxygen atoms in total. The molecule has 0 saturated heterocycles. The summed E-state index contributed by atoms with van der Waals surface area (Å²) in [7, 11) is -0.897. The van der Waals surface area contributed by atoms with Crippen LogP contribution in [-0.2, 0) is 17.3 Å². The van der Waals surface area contributed by atoms with Crippen LogP contribution in [0.5, 0.6) is 0 Å². The van der Waals surface area contributed by atoms with Gasteiger partial charge in [-0.1, -0.05) is 6.07 Å². The van der Waals surface area contributed by atoms with Crippen molar-refractivity contribution in [3.63, 3.8) is 0 Å². The van der Waals surface area contributed by atoms with Crippen LogP contribution in [0, 0.1) is 5.82 Å². The zero-order valence-corrected chi connectivity index (χ0v) is 11.1. The molecule has 1 aromatic rings. The van der Waals surface area contributed by atoms with Crippen molar-refractivity contribution in [2.24, 2.45) is 0 Å². The van der Waals surface area contributed by atoms with Crippen molar-refractivity contribution < 1.29 is 18.5 Å². The zero-order chi connectivity index (χ0) is 13.7. The fourth-order valence-corrected chi connectivity index (χ4v) is 1.73. The van der Waals surface area contributed by atoms with Crippen LogP contribution in [0.25, 0.3) is 0 Å². The molecule has 2 unspecified atom stereocenters. The van der Waals surface area contributed by atoms with E-state index in [9.17, 15) is 13.4 Å². The smallest absolute Gasteiger partial charge is 0.338 e. The van der Waals surface area contributed by atoms with Gasteiger partial charge >= 0.3 is 5.97 Å². The molecule has 0 aliphatic rings. The number of halogens is 1. The van der Waals surface area contributed by atoms with Gasteiger partial charge in [-0.3, -0.25) is 4.21 Å². The van der Waals surface area contributed by atoms with Crippen LogP contribution < -0.4 is 5.32 Å². The number of aromatic carboxylic acids is 1. The maximum Gasteiger partial charge on any atom is 0.338 e. The fourth-order valence-electron chi connectivity index (χ4n) is 1.38. The average molecular weight is 273 g/mol. The molecule has 0 spiro atoms. The summed E-state index contributed by atoms with van der Waals surface area (Å²) in [6.45, 7) is 2.83. The van der Waals surface area contributed by atoms with E-state index in [0.717, 1.165) is 0 Å². The second-order valence-corrected chi connectivity index (χ2v) is 5.86. The maximum atomic E-state index is 13.4. The highest BCUT2D eigenvalue weighted by Crippen LogP contribution is 2.10. The summed E-state index contributed by atoms with van der Waals surface area (Å²) in [6, 6.07) is 4.01. The molecule has 0 radical (unpaired) electrons. The summed E-state index contributed by atoms with van der Waals surface area (Å²) in [5, 5.41) is 11.8. The van der Waals surface area contributed by atoms with Gasteiger partial charge in [0.2, 0.25) is 0 Å². The Morgan fingerprint density at radius 3 is 2.72 bits per heavy atom. The Balaban J connectivity index is 2.56. The molecule has 0 heterocycles. The third-order valence-electron chi connectivity index (χ3n) is 2.59. The Labute approximate surface area is 108 Å². The topological polar surface area (TPSA) is 66.4 Å². The van der Waals surface area contributed by atoms with Gasteiger partial charge in [-0.2, -0.15) is 0 Å². The van der Waals surface area contributed by atoms with Crippen molar-refractivity contribution in [3.05, 3.63) is 35.1 Å². The van der Waals surface area contributed by atoms with Gasteiger partial charge < -0.3 is 10.4 Å². The maximum absolute atomic E-state index is 13.4. The number of benzene rings is 1. The van der Waals surface area contributed by atoms with Crippen LogP contribution in [0.4, 0.5) is 4.39 Å². The largest absolute Gasteiger partial charge is 0.478 e. The Hall–Kier alpha value is -1.27. The molecule has 2 atom stereocenters. The fraction of sp³-hybridized carbons (Fsp3) is 0.417. The van der Waals surface area contributed by atoms with E-state index in [1.807, 2.05) is 6.92 Å². The Morgan fingerprint density at radius 1 is 1.56 bits per heavy atom. The molecule has 0 fully saturated rings. The first-order chi connectivity index (χ1) is 8.41. The van der Waals surface area contributed by atoms with Crippen LogP contribution in [-0.4, -0.2) is 33.3 Å². The summed E-state index contributed by atoms with van der Waals surface area (Å²) < 4.78 is 24.5. The molecule has 100 valence electrons. The molecule has 1 rings (SSSR count). The van der Waals surface area contributed by atoms with Crippen molar-refractivity contribution in [1.82, 2.24) is 5.32 Å². The van der Waals surface area contributed by atoms with Gasteiger partial charge in [0.05, 0.1) is 5.56 Å². The molecule has 0 saturated carbocycles. The number of hydrogen-bond acceptors (Lipinski definition) is 3. The molecule has 0 aliphatic heterocycles. The van der Waals surface area contributed by atoms with Crippen molar-refractivity contribution in [3.8, 4) is 0 Å². The Morgan fingerprint density at radius 2 is 2.22 bits per heavy atom. The van der Waals surface area contributed by atoms with E-state index >= 15 is 0 Å². The van der Waals surface area contributed by atoms with Crippen molar-refractivity contribution in [1.29, 1.82) is 0 Å². The van der Waals surface area contributed by atoms with E-state index in [1.54, 1.807) is 12.3 Å². The summed E-state index contributed by atoms with van der Waals surface area (Å²) in [6.07, 6.45) is 1.63. The summed E-state index contributed by atoms with van der Waals surface area (Å²) in [5.74, 6) is -2.02. The number of nitrogens with one attached hydrogen (secondary N) is 1. The molecular formula is C12H16FNO3S. The quantitative estimate of drug-likeness (QED) is 0.822. The second kappa shape index (κ2) is 6.61. The summed E-state index contributed by atoms with van der Waals surface area (Å²) in [5.41, 5.74) is 0.327. The SMILES string of the molecule is CC(CNCc1ccc(C(=O)O)c(F)c1)S(C)=O. The third kappa shape index (κ3) is 4.19. The molecule has 0 aromatic heterocycles. The van der Waals surface area contributed by atoms with Crippen LogP contribution >= 0.6 is 0 Å². The Bertz CT molecular complexity index is 465. The minimum atomic E-state index is -1.28. The molecule has 0 amide bonds. The molecule has 0 bridgehead atoms. The van der Waals surface area contributed by atoms with Gasteiger partial charge in [0, 0.05) is 35.4 Å². The Kier molecular flexibility index (Phi) is 5.43. The highest BCUT2D eigenvalue weighted by Gasteiger charge is 2.10. The molecule has 2 N–H and O–H groups in total. The lowest BCUT2D eigenvalue weighted by molar-refractivity contribution is 0.0692. The summed E-state index contributed by atoms with van der Waals surface area (Å²) >= 11 is 0. The van der Waals surface area contributed by atoms with Gasteiger partial charge in [-0.15, -0.1) is 0 Å². The molecule has 6 heteroatoms. The summed E-state index contributed by atoms with van der Waals surface area (Å²) in [4.78, 5) is 10.6. The number of rotatable bonds is 6. The van der Waals surface area contributed by atoms with E-state index in [2.05, 4.69) is 5.32 Å². The first-order valence-corrected chi connectivity index (χ1v) is 7.08. The first kappa shape index (κ1) is 14.8. The second-order valence-electron chi connectivity index (χ2n) is 4.06. The highest BCUT2D eigenvalue weighted by atomic mass is 32.2. The van der Waals surface area contributed by atoms with E-state index in [-0.39, 0.29) is 10.8 Å². The van der Waals surface area contributed by atoms with Crippen molar-refractivity contribution in [2.75, 3.05) is 12.8 Å². The normalized spacial score (nSPS) is 14.2. The minimum absolute atomic E-state index is 0.0214. The third-order valence-corrected chi connectivity index (χ3v) is 3.89. The molecule has 0 aliphatic carbocycles. The first-order valence-electron chi connectivity index (χ1n) is 5.46. The van der Waals surface area contributed by atoms with Crippen LogP contribution in [0.3, 0.4) is 0 Å².